The first-order chi connectivity index (χ1) is 13.5. The number of hydrogen-bond donors (Lipinski definition) is 0. The van der Waals surface area contributed by atoms with E-state index >= 15 is 0 Å². The van der Waals surface area contributed by atoms with E-state index in [1.165, 1.54) is 28.0 Å². The Kier molecular flexibility index (Phi) is 5.23. The zero-order valence-electron chi connectivity index (χ0n) is 16.6. The number of benzene rings is 1. The number of nitrogens with zero attached hydrogens (tertiary/aromatic N) is 2. The third-order valence-electron chi connectivity index (χ3n) is 5.31. The summed E-state index contributed by atoms with van der Waals surface area (Å²) in [6, 6.07) is 6.23. The van der Waals surface area contributed by atoms with Gasteiger partial charge in [-0.2, -0.15) is 5.10 Å². The van der Waals surface area contributed by atoms with Crippen LogP contribution in [0.15, 0.2) is 88.4 Å². The quantitative estimate of drug-likeness (QED) is 0.401. The first-order valence-electron chi connectivity index (χ1n) is 9.78. The molecular weight excluding hydrogens is 364 g/mol. The predicted octanol–water partition coefficient (Wildman–Crippen LogP) is 6.97. The highest BCUT2D eigenvalue weighted by atomic mass is 35.5. The molecule has 28 heavy (non-hydrogen) atoms. The highest BCUT2D eigenvalue weighted by molar-refractivity contribution is 6.30. The molecule has 0 amide bonds. The Morgan fingerprint density at radius 2 is 2.00 bits per heavy atom. The molecule has 3 heteroatoms. The molecule has 142 valence electrons. The van der Waals surface area contributed by atoms with Crippen molar-refractivity contribution in [2.75, 3.05) is 0 Å². The van der Waals surface area contributed by atoms with Crippen LogP contribution in [0.3, 0.4) is 0 Å². The fourth-order valence-electron chi connectivity index (χ4n) is 3.58. The zero-order chi connectivity index (χ0) is 19.7. The minimum Gasteiger partial charge on any atom is -0.241 e. The van der Waals surface area contributed by atoms with Crippen molar-refractivity contribution in [3.8, 4) is 0 Å². The monoisotopic (exact) mass is 388 g/mol. The number of aryl methyl sites for hydroxylation is 1. The normalized spacial score (nSPS) is 19.7. The minimum absolute atomic E-state index is 0.478. The average Bonchev–Trinajstić information content (AvgIpc) is 3.49. The Labute approximate surface area is 172 Å². The number of hydrazone groups is 1. The van der Waals surface area contributed by atoms with Gasteiger partial charge in [0, 0.05) is 28.9 Å². The maximum atomic E-state index is 6.33. The third-order valence-corrected chi connectivity index (χ3v) is 5.53. The summed E-state index contributed by atoms with van der Waals surface area (Å²) in [5, 5.41) is 7.42. The van der Waals surface area contributed by atoms with Crippen LogP contribution in [0, 0.1) is 12.8 Å². The molecule has 0 N–H and O–H groups in total. The Morgan fingerprint density at radius 3 is 2.75 bits per heavy atom. The van der Waals surface area contributed by atoms with Gasteiger partial charge in [0.1, 0.15) is 0 Å². The highest BCUT2D eigenvalue weighted by Crippen LogP contribution is 2.33. The Morgan fingerprint density at radius 1 is 1.18 bits per heavy atom. The second-order valence-electron chi connectivity index (χ2n) is 7.64. The van der Waals surface area contributed by atoms with Crippen LogP contribution in [0.25, 0.3) is 5.57 Å². The van der Waals surface area contributed by atoms with Crippen LogP contribution < -0.4 is 0 Å². The van der Waals surface area contributed by atoms with Gasteiger partial charge in [0.2, 0.25) is 0 Å². The average molecular weight is 389 g/mol. The van der Waals surface area contributed by atoms with E-state index in [4.69, 9.17) is 11.6 Å². The minimum atomic E-state index is 0.478. The summed E-state index contributed by atoms with van der Waals surface area (Å²) in [5.74, 6) is 0.478. The topological polar surface area (TPSA) is 15.6 Å². The molecule has 0 spiro atoms. The first kappa shape index (κ1) is 18.8. The van der Waals surface area contributed by atoms with E-state index in [0.717, 1.165) is 29.0 Å². The molecule has 0 saturated heterocycles. The lowest BCUT2D eigenvalue weighted by Gasteiger charge is -2.23. The highest BCUT2D eigenvalue weighted by Gasteiger charge is 2.18. The number of hydrogen-bond acceptors (Lipinski definition) is 2. The molecule has 0 saturated carbocycles. The van der Waals surface area contributed by atoms with Gasteiger partial charge in [-0.1, -0.05) is 48.0 Å². The lowest BCUT2D eigenvalue weighted by atomic mass is 9.93. The molecule has 1 aromatic rings. The molecule has 2 aliphatic heterocycles. The van der Waals surface area contributed by atoms with E-state index < -0.39 is 0 Å². The predicted molar refractivity (Wildman–Crippen MR) is 120 cm³/mol. The van der Waals surface area contributed by atoms with Crippen LogP contribution in [0.4, 0.5) is 0 Å². The van der Waals surface area contributed by atoms with Crippen LogP contribution in [0.2, 0.25) is 5.02 Å². The molecular formula is C25H25ClN2. The van der Waals surface area contributed by atoms with Crippen molar-refractivity contribution in [2.45, 2.75) is 33.6 Å². The molecule has 0 radical (unpaired) electrons. The van der Waals surface area contributed by atoms with E-state index in [-0.39, 0.29) is 0 Å². The standard InChI is InChI=1S/C25H25ClN2/c1-17-13-22(15-23(26)14-17)19(3)24(10-8-20-6-7-20)21-9-11-25-18(2)5-4-12-27-28(25)16-21/h6-16,20H,4-5H2,1-3H3/b10-8-,24-19-. The molecule has 4 rings (SSSR count). The van der Waals surface area contributed by atoms with Crippen LogP contribution in [0.1, 0.15) is 37.8 Å². The summed E-state index contributed by atoms with van der Waals surface area (Å²) in [6.45, 7) is 6.44. The second kappa shape index (κ2) is 7.81. The number of halogens is 1. The van der Waals surface area contributed by atoms with Gasteiger partial charge in [-0.05, 0) is 79.7 Å². The van der Waals surface area contributed by atoms with Crippen molar-refractivity contribution < 1.29 is 0 Å². The molecule has 2 heterocycles. The van der Waals surface area contributed by atoms with E-state index in [9.17, 15) is 0 Å². The smallest absolute Gasteiger partial charge is 0.0635 e. The molecule has 1 aliphatic carbocycles. The van der Waals surface area contributed by atoms with Crippen molar-refractivity contribution in [1.29, 1.82) is 0 Å². The largest absolute Gasteiger partial charge is 0.241 e. The summed E-state index contributed by atoms with van der Waals surface area (Å²) in [7, 11) is 0. The third kappa shape index (κ3) is 4.13. The molecule has 1 aromatic carbocycles. The molecule has 3 aliphatic rings. The fourth-order valence-corrected chi connectivity index (χ4v) is 3.87. The van der Waals surface area contributed by atoms with Crippen LogP contribution in [0.5, 0.6) is 0 Å². The van der Waals surface area contributed by atoms with Gasteiger partial charge in [0.05, 0.1) is 5.70 Å². The van der Waals surface area contributed by atoms with Crippen LogP contribution >= 0.6 is 11.6 Å². The van der Waals surface area contributed by atoms with E-state index in [2.05, 4.69) is 74.6 Å². The Hall–Kier alpha value is -2.58. The van der Waals surface area contributed by atoms with Gasteiger partial charge in [-0.3, -0.25) is 0 Å². The maximum Gasteiger partial charge on any atom is 0.0635 e. The van der Waals surface area contributed by atoms with Crippen LogP contribution in [-0.2, 0) is 0 Å². The number of rotatable bonds is 4. The lowest BCUT2D eigenvalue weighted by molar-refractivity contribution is 0.505. The van der Waals surface area contributed by atoms with Gasteiger partial charge < -0.3 is 0 Å². The van der Waals surface area contributed by atoms with E-state index in [1.807, 2.05) is 23.4 Å². The van der Waals surface area contributed by atoms with Gasteiger partial charge in [0.25, 0.3) is 0 Å². The second-order valence-corrected chi connectivity index (χ2v) is 8.08. The number of fused-ring (bicyclic) bond motifs is 1. The molecule has 2 nitrogen and oxygen atoms in total. The Balaban J connectivity index is 1.79. The van der Waals surface area contributed by atoms with Gasteiger partial charge in [-0.25, -0.2) is 5.01 Å². The van der Waals surface area contributed by atoms with Crippen molar-refractivity contribution in [3.63, 3.8) is 0 Å². The fraction of sp³-hybridized carbons (Fsp3) is 0.240. The molecule has 0 aromatic heterocycles. The SMILES string of the molecule is CC1=C2C=CC(C(/C=C\C3C=C3)=C(/C)c3cc(C)cc(Cl)c3)=CN2N=CCC1. The molecule has 0 bridgehead atoms. The Bertz CT molecular complexity index is 989. The number of allylic oxidation sites excluding steroid dienone is 10. The summed E-state index contributed by atoms with van der Waals surface area (Å²) in [4.78, 5) is 0. The first-order valence-corrected chi connectivity index (χ1v) is 10.2. The van der Waals surface area contributed by atoms with E-state index in [0.29, 0.717) is 5.92 Å². The zero-order valence-corrected chi connectivity index (χ0v) is 17.4. The summed E-state index contributed by atoms with van der Waals surface area (Å²) < 4.78 is 0. The lowest BCUT2D eigenvalue weighted by Crippen LogP contribution is -2.13. The van der Waals surface area contributed by atoms with Gasteiger partial charge in [0.15, 0.2) is 0 Å². The van der Waals surface area contributed by atoms with Crippen molar-refractivity contribution >= 4 is 23.4 Å². The molecule has 0 atom stereocenters. The summed E-state index contributed by atoms with van der Waals surface area (Å²) in [5.41, 5.74) is 8.43. The van der Waals surface area contributed by atoms with E-state index in [1.54, 1.807) is 0 Å². The van der Waals surface area contributed by atoms with Crippen molar-refractivity contribution in [2.24, 2.45) is 11.0 Å². The molecule has 0 unspecified atom stereocenters. The summed E-state index contributed by atoms with van der Waals surface area (Å²) >= 11 is 6.33. The van der Waals surface area contributed by atoms with Gasteiger partial charge >= 0.3 is 0 Å². The molecule has 0 fully saturated rings. The maximum absolute atomic E-state index is 6.33. The van der Waals surface area contributed by atoms with Crippen molar-refractivity contribution in [1.82, 2.24) is 5.01 Å². The summed E-state index contributed by atoms with van der Waals surface area (Å²) in [6.07, 6.45) is 19.4. The van der Waals surface area contributed by atoms with Gasteiger partial charge in [-0.15, -0.1) is 0 Å². The van der Waals surface area contributed by atoms with Crippen molar-refractivity contribution in [3.05, 3.63) is 99.4 Å². The van der Waals surface area contributed by atoms with Crippen LogP contribution in [-0.4, -0.2) is 11.2 Å².